The van der Waals surface area contributed by atoms with Crippen LogP contribution in [0.1, 0.15) is 105 Å². The molecule has 0 saturated heterocycles. The van der Waals surface area contributed by atoms with E-state index in [4.69, 9.17) is 19.9 Å². The number of pyridine rings is 1. The van der Waals surface area contributed by atoms with Crippen molar-refractivity contribution in [3.8, 4) is 56.5 Å². The monoisotopic (exact) mass is 890 g/mol. The Labute approximate surface area is 336 Å². The predicted octanol–water partition coefficient (Wildman–Crippen LogP) is 12.6. The van der Waals surface area contributed by atoms with Crippen molar-refractivity contribution in [1.82, 2.24) is 19.9 Å². The Morgan fingerprint density at radius 2 is 0.870 bits per heavy atom. The minimum Gasteiger partial charge on any atom is -0.304 e. The van der Waals surface area contributed by atoms with Gasteiger partial charge in [-0.15, -0.1) is 34.9 Å². The minimum absolute atomic E-state index is 0. The van der Waals surface area contributed by atoms with Gasteiger partial charge in [0.2, 0.25) is 0 Å². The summed E-state index contributed by atoms with van der Waals surface area (Å²) in [5, 5.41) is 0. The van der Waals surface area contributed by atoms with E-state index >= 15 is 0 Å². The first-order valence-electron chi connectivity index (χ1n) is 18.9. The summed E-state index contributed by atoms with van der Waals surface area (Å²) < 4.78 is 0. The molecule has 0 bridgehead atoms. The number of hydrogen-bond acceptors (Lipinski definition) is 4. The van der Waals surface area contributed by atoms with Gasteiger partial charge in [-0.3, -0.25) is 0 Å². The van der Waals surface area contributed by atoms with Crippen LogP contribution in [0.15, 0.2) is 103 Å². The summed E-state index contributed by atoms with van der Waals surface area (Å²) in [7, 11) is 0. The van der Waals surface area contributed by atoms with Gasteiger partial charge in [-0.25, -0.2) is 15.0 Å². The van der Waals surface area contributed by atoms with Gasteiger partial charge in [0.15, 0.2) is 17.5 Å². The molecule has 5 heteroatoms. The zero-order valence-corrected chi connectivity index (χ0v) is 36.3. The molecule has 4 nitrogen and oxygen atoms in total. The van der Waals surface area contributed by atoms with E-state index in [0.717, 1.165) is 39.1 Å². The molecule has 2 heterocycles. The molecule has 0 N–H and O–H groups in total. The molecule has 1 aliphatic rings. The molecule has 1 aliphatic carbocycles. The average Bonchev–Trinajstić information content (AvgIpc) is 3.24. The second-order valence-electron chi connectivity index (χ2n) is 18.5. The molecular weight excluding hydrogens is 837 g/mol. The van der Waals surface area contributed by atoms with Gasteiger partial charge < -0.3 is 4.98 Å². The SMILES string of the molecule is CC(C)(C)c1ccc(-c2nc(-c3ccc(-c4ccc(-c5[c-]cc6c(c5)C(C)(C)C(C)(C)C6(C)C)nc4)cc3)nc(-c3ccc(C(C)(C)C)cc3)n2)cc1.[Ir]. The third kappa shape index (κ3) is 6.91. The summed E-state index contributed by atoms with van der Waals surface area (Å²) in [5.74, 6) is 1.97. The van der Waals surface area contributed by atoms with E-state index in [1.54, 1.807) is 0 Å². The van der Waals surface area contributed by atoms with Crippen LogP contribution >= 0.6 is 0 Å². The van der Waals surface area contributed by atoms with Crippen molar-refractivity contribution in [2.24, 2.45) is 5.41 Å². The summed E-state index contributed by atoms with van der Waals surface area (Å²) in [4.78, 5) is 19.9. The predicted molar refractivity (Wildman–Crippen MR) is 221 cm³/mol. The third-order valence-electron chi connectivity index (χ3n) is 12.6. The molecule has 279 valence electrons. The summed E-state index contributed by atoms with van der Waals surface area (Å²) in [6.07, 6.45) is 1.96. The number of rotatable bonds is 5. The van der Waals surface area contributed by atoms with Crippen LogP contribution < -0.4 is 0 Å². The fourth-order valence-electron chi connectivity index (χ4n) is 7.67. The average molecular weight is 890 g/mol. The van der Waals surface area contributed by atoms with Gasteiger partial charge in [0.25, 0.3) is 0 Å². The van der Waals surface area contributed by atoms with Crippen LogP contribution in [-0.4, -0.2) is 19.9 Å². The number of benzene rings is 4. The van der Waals surface area contributed by atoms with Crippen molar-refractivity contribution in [3.63, 3.8) is 0 Å². The first-order valence-corrected chi connectivity index (χ1v) is 18.9. The van der Waals surface area contributed by atoms with Crippen molar-refractivity contribution >= 4 is 0 Å². The largest absolute Gasteiger partial charge is 0.304 e. The number of hydrogen-bond donors (Lipinski definition) is 0. The Bertz CT molecular complexity index is 2210. The first-order chi connectivity index (χ1) is 24.8. The van der Waals surface area contributed by atoms with Gasteiger partial charge in [0.05, 0.1) is 0 Å². The maximum Gasteiger partial charge on any atom is 0.164 e. The molecule has 0 atom stereocenters. The quantitative estimate of drug-likeness (QED) is 0.162. The van der Waals surface area contributed by atoms with Crippen molar-refractivity contribution < 1.29 is 20.1 Å². The van der Waals surface area contributed by atoms with E-state index in [2.05, 4.69) is 186 Å². The normalized spacial score (nSPS) is 15.7. The van der Waals surface area contributed by atoms with E-state index < -0.39 is 0 Å². The van der Waals surface area contributed by atoms with Crippen LogP contribution in [0.3, 0.4) is 0 Å². The topological polar surface area (TPSA) is 51.6 Å². The number of fused-ring (bicyclic) bond motifs is 1. The Morgan fingerprint density at radius 1 is 0.481 bits per heavy atom. The second kappa shape index (κ2) is 13.8. The molecule has 4 aromatic carbocycles. The number of nitrogens with zero attached hydrogens (tertiary/aromatic N) is 4. The summed E-state index contributed by atoms with van der Waals surface area (Å²) in [6.45, 7) is 27.6. The molecule has 0 amide bonds. The van der Waals surface area contributed by atoms with E-state index in [-0.39, 0.29) is 47.2 Å². The second-order valence-corrected chi connectivity index (χ2v) is 18.5. The Hall–Kier alpha value is -4.31. The van der Waals surface area contributed by atoms with Crippen molar-refractivity contribution in [3.05, 3.63) is 132 Å². The summed E-state index contributed by atoms with van der Waals surface area (Å²) in [6, 6.07) is 38.0. The van der Waals surface area contributed by atoms with Gasteiger partial charge in [0.1, 0.15) is 0 Å². The van der Waals surface area contributed by atoms with Crippen molar-refractivity contribution in [1.29, 1.82) is 0 Å². The smallest absolute Gasteiger partial charge is 0.164 e. The van der Waals surface area contributed by atoms with Crippen LogP contribution in [0.25, 0.3) is 56.5 Å². The van der Waals surface area contributed by atoms with Crippen LogP contribution in [0.4, 0.5) is 0 Å². The van der Waals surface area contributed by atoms with E-state index in [1.165, 1.54) is 22.3 Å². The Balaban J connectivity index is 0.00000497. The molecule has 0 spiro atoms. The molecule has 6 aromatic rings. The maximum atomic E-state index is 5.01. The fraction of sp³-hybridized carbons (Fsp3) is 0.347. The molecule has 0 aliphatic heterocycles. The van der Waals surface area contributed by atoms with Gasteiger partial charge in [-0.2, -0.15) is 0 Å². The van der Waals surface area contributed by atoms with Gasteiger partial charge in [0, 0.05) is 43.0 Å². The van der Waals surface area contributed by atoms with Crippen LogP contribution in [0.2, 0.25) is 0 Å². The maximum absolute atomic E-state index is 5.01. The molecule has 0 fully saturated rings. The zero-order chi connectivity index (χ0) is 38.1. The summed E-state index contributed by atoms with van der Waals surface area (Å²) >= 11 is 0. The van der Waals surface area contributed by atoms with Crippen LogP contribution in [0.5, 0.6) is 0 Å². The van der Waals surface area contributed by atoms with Gasteiger partial charge in [-0.05, 0) is 55.0 Å². The van der Waals surface area contributed by atoms with Crippen molar-refractivity contribution in [2.75, 3.05) is 0 Å². The summed E-state index contributed by atoms with van der Waals surface area (Å²) in [5.41, 5.74) is 12.6. The molecule has 7 rings (SSSR count). The first kappa shape index (κ1) is 39.4. The van der Waals surface area contributed by atoms with E-state index in [9.17, 15) is 0 Å². The van der Waals surface area contributed by atoms with Crippen LogP contribution in [-0.2, 0) is 41.8 Å². The Morgan fingerprint density at radius 3 is 1.28 bits per heavy atom. The molecule has 54 heavy (non-hydrogen) atoms. The van der Waals surface area contributed by atoms with Crippen LogP contribution in [0, 0.1) is 11.5 Å². The van der Waals surface area contributed by atoms with Gasteiger partial charge in [-0.1, -0.05) is 168 Å². The van der Waals surface area contributed by atoms with E-state index in [0.29, 0.717) is 17.5 Å². The Kier molecular flexibility index (Phi) is 10.0. The third-order valence-corrected chi connectivity index (χ3v) is 12.6. The zero-order valence-electron chi connectivity index (χ0n) is 33.9. The fourth-order valence-corrected chi connectivity index (χ4v) is 7.67. The van der Waals surface area contributed by atoms with Gasteiger partial charge >= 0.3 is 0 Å². The number of aromatic nitrogens is 4. The molecular formula is C49H53IrN4-. The standard InChI is InChI=1S/C49H53N4.Ir/c1-45(2,3)37-23-17-33(18-24-37)43-51-42(52-44(53-43)34-19-25-38(26-20-34)46(4,5)6)32-15-13-31(14-16-32)36-22-28-41(50-30-36)35-21-27-39-40(29-35)48(9,10)49(11,12)47(39,7)8;/h13-20,22-30H,1-12H3;/q-1;. The molecule has 1 radical (unpaired) electrons. The molecule has 0 unspecified atom stereocenters. The minimum atomic E-state index is 0. The molecule has 0 saturated carbocycles. The molecule has 2 aromatic heterocycles. The van der Waals surface area contributed by atoms with E-state index in [1.807, 2.05) is 6.20 Å². The van der Waals surface area contributed by atoms with Crippen molar-refractivity contribution in [2.45, 2.75) is 105 Å².